The molecule has 1 aliphatic carbocycles. The van der Waals surface area contributed by atoms with Crippen LogP contribution in [-0.2, 0) is 14.8 Å². The maximum Gasteiger partial charge on any atom is 0.322 e. The van der Waals surface area contributed by atoms with Gasteiger partial charge < -0.3 is 5.11 Å². The Labute approximate surface area is 124 Å². The molecule has 6 heteroatoms. The van der Waals surface area contributed by atoms with Gasteiger partial charge in [0.05, 0.1) is 4.90 Å². The molecule has 2 aliphatic rings. The van der Waals surface area contributed by atoms with Crippen LogP contribution in [0.4, 0.5) is 0 Å². The summed E-state index contributed by atoms with van der Waals surface area (Å²) in [6.07, 6.45) is 2.73. The van der Waals surface area contributed by atoms with Crippen molar-refractivity contribution in [2.24, 2.45) is 11.8 Å². The molecule has 1 aliphatic heterocycles. The van der Waals surface area contributed by atoms with Crippen molar-refractivity contribution in [2.45, 2.75) is 37.1 Å². The third-order valence-corrected chi connectivity index (χ3v) is 6.79. The Kier molecular flexibility index (Phi) is 3.53. The van der Waals surface area contributed by atoms with Crippen LogP contribution in [0.2, 0.25) is 0 Å². The number of benzene rings is 1. The summed E-state index contributed by atoms with van der Waals surface area (Å²) >= 11 is 0. The maximum atomic E-state index is 12.9. The van der Waals surface area contributed by atoms with Gasteiger partial charge in [0.25, 0.3) is 0 Å². The zero-order valence-electron chi connectivity index (χ0n) is 11.9. The highest BCUT2D eigenvalue weighted by molar-refractivity contribution is 7.89. The van der Waals surface area contributed by atoms with Crippen LogP contribution in [0.15, 0.2) is 29.2 Å². The van der Waals surface area contributed by atoms with Gasteiger partial charge in [0, 0.05) is 6.54 Å². The van der Waals surface area contributed by atoms with Crippen molar-refractivity contribution in [3.63, 3.8) is 0 Å². The number of aliphatic carboxylic acids is 1. The number of carbonyl (C=O) groups is 1. The van der Waals surface area contributed by atoms with Crippen molar-refractivity contribution in [3.8, 4) is 0 Å². The lowest BCUT2D eigenvalue weighted by Gasteiger charge is -2.24. The first-order valence-electron chi connectivity index (χ1n) is 7.23. The molecule has 3 rings (SSSR count). The van der Waals surface area contributed by atoms with E-state index in [4.69, 9.17) is 0 Å². The molecular formula is C15H19NO4S. The summed E-state index contributed by atoms with van der Waals surface area (Å²) < 4.78 is 26.9. The molecule has 5 nitrogen and oxygen atoms in total. The lowest BCUT2D eigenvalue weighted by molar-refractivity contribution is -0.142. The van der Waals surface area contributed by atoms with Gasteiger partial charge in [-0.15, -0.1) is 0 Å². The number of carboxylic acid groups (broad SMARTS) is 1. The van der Waals surface area contributed by atoms with Crippen LogP contribution in [0, 0.1) is 18.8 Å². The van der Waals surface area contributed by atoms with E-state index >= 15 is 0 Å². The smallest absolute Gasteiger partial charge is 0.322 e. The van der Waals surface area contributed by atoms with E-state index < -0.39 is 22.0 Å². The Morgan fingerprint density at radius 3 is 2.67 bits per heavy atom. The number of nitrogens with zero attached hydrogens (tertiary/aromatic N) is 1. The zero-order chi connectivity index (χ0) is 15.2. The van der Waals surface area contributed by atoms with E-state index in [1.54, 1.807) is 31.2 Å². The summed E-state index contributed by atoms with van der Waals surface area (Å²) in [5.41, 5.74) is 0.652. The van der Waals surface area contributed by atoms with E-state index in [9.17, 15) is 18.3 Å². The van der Waals surface area contributed by atoms with Crippen LogP contribution in [0.3, 0.4) is 0 Å². The molecule has 1 aromatic carbocycles. The summed E-state index contributed by atoms with van der Waals surface area (Å²) in [4.78, 5) is 11.8. The number of sulfonamides is 1. The fourth-order valence-corrected chi connectivity index (χ4v) is 5.70. The van der Waals surface area contributed by atoms with Crippen molar-refractivity contribution in [3.05, 3.63) is 29.8 Å². The molecule has 1 saturated heterocycles. The predicted molar refractivity (Wildman–Crippen MR) is 77.3 cm³/mol. The molecule has 1 aromatic rings. The fraction of sp³-hybridized carbons (Fsp3) is 0.533. The predicted octanol–water partition coefficient (Wildman–Crippen LogP) is 1.87. The first-order valence-corrected chi connectivity index (χ1v) is 8.67. The lowest BCUT2D eigenvalue weighted by atomic mass is 9.94. The molecule has 0 aromatic heterocycles. The van der Waals surface area contributed by atoms with Gasteiger partial charge in [-0.3, -0.25) is 4.79 Å². The van der Waals surface area contributed by atoms with Crippen molar-refractivity contribution in [2.75, 3.05) is 6.54 Å². The molecule has 3 atom stereocenters. The standard InChI is InChI=1S/C15H19NO4S/c1-10-5-2-3-8-13(10)21(19,20)16-9-11-6-4-7-12(11)14(16)15(17)18/h2-3,5,8,11-12,14H,4,6-7,9H2,1H3,(H,17,18). The minimum absolute atomic E-state index is 0.0405. The molecule has 1 N–H and O–H groups in total. The zero-order valence-corrected chi connectivity index (χ0v) is 12.7. The van der Waals surface area contributed by atoms with Gasteiger partial charge >= 0.3 is 5.97 Å². The minimum atomic E-state index is -3.75. The van der Waals surface area contributed by atoms with E-state index in [1.807, 2.05) is 0 Å². The third kappa shape index (κ3) is 2.26. The van der Waals surface area contributed by atoms with Crippen LogP contribution in [0.25, 0.3) is 0 Å². The molecule has 1 heterocycles. The normalized spacial score (nSPS) is 29.5. The van der Waals surface area contributed by atoms with Crippen LogP contribution in [0.5, 0.6) is 0 Å². The SMILES string of the molecule is Cc1ccccc1S(=O)(=O)N1CC2CCCC2C1C(=O)O. The monoisotopic (exact) mass is 309 g/mol. The Bertz CT molecular complexity index is 670. The second-order valence-electron chi connectivity index (χ2n) is 5.98. The topological polar surface area (TPSA) is 74.7 Å². The maximum absolute atomic E-state index is 12.9. The van der Waals surface area contributed by atoms with E-state index in [-0.39, 0.29) is 16.7 Å². The van der Waals surface area contributed by atoms with Gasteiger partial charge in [-0.25, -0.2) is 8.42 Å². The Morgan fingerprint density at radius 1 is 1.29 bits per heavy atom. The summed E-state index contributed by atoms with van der Waals surface area (Å²) in [6, 6.07) is 5.83. The summed E-state index contributed by atoms with van der Waals surface area (Å²) in [7, 11) is -3.75. The van der Waals surface area contributed by atoms with Crippen LogP contribution in [0.1, 0.15) is 24.8 Å². The number of rotatable bonds is 3. The Morgan fingerprint density at radius 2 is 2.00 bits per heavy atom. The number of hydrogen-bond acceptors (Lipinski definition) is 3. The highest BCUT2D eigenvalue weighted by Gasteiger charge is 2.52. The van der Waals surface area contributed by atoms with E-state index in [0.29, 0.717) is 12.1 Å². The second-order valence-corrected chi connectivity index (χ2v) is 7.84. The number of fused-ring (bicyclic) bond motifs is 1. The van der Waals surface area contributed by atoms with E-state index in [2.05, 4.69) is 0 Å². The lowest BCUT2D eigenvalue weighted by Crippen LogP contribution is -2.43. The first-order chi connectivity index (χ1) is 9.93. The summed E-state index contributed by atoms with van der Waals surface area (Å²) in [6.45, 7) is 2.07. The molecule has 1 saturated carbocycles. The van der Waals surface area contributed by atoms with Crippen molar-refractivity contribution < 1.29 is 18.3 Å². The Balaban J connectivity index is 2.03. The number of aryl methyl sites for hydroxylation is 1. The molecule has 0 amide bonds. The molecule has 0 radical (unpaired) electrons. The number of hydrogen-bond donors (Lipinski definition) is 1. The fourth-order valence-electron chi connectivity index (χ4n) is 3.79. The summed E-state index contributed by atoms with van der Waals surface area (Å²) in [5.74, 6) is -0.882. The third-order valence-electron chi connectivity index (χ3n) is 4.78. The molecule has 21 heavy (non-hydrogen) atoms. The average molecular weight is 309 g/mol. The van der Waals surface area contributed by atoms with Gasteiger partial charge in [0.2, 0.25) is 10.0 Å². The minimum Gasteiger partial charge on any atom is -0.480 e. The van der Waals surface area contributed by atoms with Crippen molar-refractivity contribution >= 4 is 16.0 Å². The highest BCUT2D eigenvalue weighted by atomic mass is 32.2. The van der Waals surface area contributed by atoms with Gasteiger partial charge in [-0.05, 0) is 43.2 Å². The van der Waals surface area contributed by atoms with E-state index in [0.717, 1.165) is 19.3 Å². The van der Waals surface area contributed by atoms with Gasteiger partial charge in [0.15, 0.2) is 0 Å². The van der Waals surface area contributed by atoms with Gasteiger partial charge in [-0.1, -0.05) is 24.6 Å². The van der Waals surface area contributed by atoms with Crippen LogP contribution in [-0.4, -0.2) is 36.4 Å². The first kappa shape index (κ1) is 14.5. The Hall–Kier alpha value is -1.40. The second kappa shape index (κ2) is 5.10. The molecule has 0 spiro atoms. The van der Waals surface area contributed by atoms with Crippen LogP contribution >= 0.6 is 0 Å². The van der Waals surface area contributed by atoms with Gasteiger partial charge in [-0.2, -0.15) is 4.31 Å². The molecule has 0 bridgehead atoms. The molecule has 114 valence electrons. The summed E-state index contributed by atoms with van der Waals surface area (Å²) in [5, 5.41) is 9.50. The van der Waals surface area contributed by atoms with Crippen molar-refractivity contribution in [1.82, 2.24) is 4.31 Å². The number of carboxylic acids is 1. The average Bonchev–Trinajstić information content (AvgIpc) is 2.98. The molecule has 3 unspecified atom stereocenters. The van der Waals surface area contributed by atoms with E-state index in [1.165, 1.54) is 4.31 Å². The molecular weight excluding hydrogens is 290 g/mol. The molecule has 2 fully saturated rings. The van der Waals surface area contributed by atoms with Crippen molar-refractivity contribution in [1.29, 1.82) is 0 Å². The quantitative estimate of drug-likeness (QED) is 0.925. The van der Waals surface area contributed by atoms with Gasteiger partial charge in [0.1, 0.15) is 6.04 Å². The highest BCUT2D eigenvalue weighted by Crippen LogP contribution is 2.44. The van der Waals surface area contributed by atoms with Crippen LogP contribution < -0.4 is 0 Å². The largest absolute Gasteiger partial charge is 0.480 e.